The monoisotopic (exact) mass is 303 g/mol. The van der Waals surface area contributed by atoms with Gasteiger partial charge in [-0.15, -0.1) is 0 Å². The van der Waals surface area contributed by atoms with E-state index < -0.39 is 24.2 Å². The van der Waals surface area contributed by atoms with E-state index in [1.54, 1.807) is 12.1 Å². The molecule has 0 saturated carbocycles. The number of benzene rings is 2. The largest absolute Gasteiger partial charge is 0.480 e. The van der Waals surface area contributed by atoms with Gasteiger partial charge in [-0.1, -0.05) is 23.8 Å². The van der Waals surface area contributed by atoms with Gasteiger partial charge in [-0.05, 0) is 31.2 Å². The molecule has 6 heteroatoms. The smallest absolute Gasteiger partial charge is 0.322 e. The second kappa shape index (κ2) is 6.71. The van der Waals surface area contributed by atoms with Crippen LogP contribution in [-0.2, 0) is 4.79 Å². The van der Waals surface area contributed by atoms with Gasteiger partial charge < -0.3 is 15.2 Å². The maximum absolute atomic E-state index is 14.3. The van der Waals surface area contributed by atoms with Crippen LogP contribution in [0.2, 0.25) is 0 Å². The number of carbonyl (C=O) groups excluding carboxylic acids is 1. The molecule has 0 aliphatic rings. The molecular formula is C16H14FNO4. The van der Waals surface area contributed by atoms with Gasteiger partial charge in [0.2, 0.25) is 0 Å². The van der Waals surface area contributed by atoms with Crippen LogP contribution < -0.4 is 10.1 Å². The van der Waals surface area contributed by atoms with Gasteiger partial charge in [-0.3, -0.25) is 9.59 Å². The van der Waals surface area contributed by atoms with Gasteiger partial charge in [0, 0.05) is 0 Å². The van der Waals surface area contributed by atoms with Gasteiger partial charge in [0.05, 0.1) is 5.56 Å². The van der Waals surface area contributed by atoms with Crippen LogP contribution in [0, 0.1) is 12.7 Å². The highest BCUT2D eigenvalue weighted by molar-refractivity contribution is 5.96. The first kappa shape index (κ1) is 15.5. The zero-order valence-electron chi connectivity index (χ0n) is 11.8. The number of carbonyl (C=O) groups is 2. The first-order chi connectivity index (χ1) is 10.5. The SMILES string of the molecule is Cc1ccc(Oc2cccc(C(=O)NCC(=O)O)c2F)cc1. The number of hydrogen-bond acceptors (Lipinski definition) is 3. The highest BCUT2D eigenvalue weighted by Crippen LogP contribution is 2.26. The summed E-state index contributed by atoms with van der Waals surface area (Å²) in [4.78, 5) is 22.2. The van der Waals surface area contributed by atoms with Gasteiger partial charge in [-0.25, -0.2) is 4.39 Å². The van der Waals surface area contributed by atoms with E-state index in [2.05, 4.69) is 5.32 Å². The summed E-state index contributed by atoms with van der Waals surface area (Å²) in [5, 5.41) is 10.6. The molecule has 0 bridgehead atoms. The van der Waals surface area contributed by atoms with Crippen LogP contribution in [0.4, 0.5) is 4.39 Å². The Morgan fingerprint density at radius 3 is 2.50 bits per heavy atom. The topological polar surface area (TPSA) is 75.6 Å². The zero-order chi connectivity index (χ0) is 16.1. The van der Waals surface area contributed by atoms with Crippen LogP contribution in [0.3, 0.4) is 0 Å². The number of rotatable bonds is 5. The molecule has 0 atom stereocenters. The molecule has 0 radical (unpaired) electrons. The van der Waals surface area contributed by atoms with E-state index in [9.17, 15) is 14.0 Å². The van der Waals surface area contributed by atoms with Crippen molar-refractivity contribution in [3.63, 3.8) is 0 Å². The fourth-order valence-corrected chi connectivity index (χ4v) is 1.75. The number of halogens is 1. The van der Waals surface area contributed by atoms with Crippen molar-refractivity contribution >= 4 is 11.9 Å². The van der Waals surface area contributed by atoms with Crippen molar-refractivity contribution in [3.8, 4) is 11.5 Å². The van der Waals surface area contributed by atoms with Crippen molar-refractivity contribution in [3.05, 3.63) is 59.4 Å². The van der Waals surface area contributed by atoms with Crippen molar-refractivity contribution in [2.24, 2.45) is 0 Å². The van der Waals surface area contributed by atoms with Gasteiger partial charge >= 0.3 is 5.97 Å². The van der Waals surface area contributed by atoms with E-state index >= 15 is 0 Å². The molecule has 0 unspecified atom stereocenters. The van der Waals surface area contributed by atoms with E-state index in [1.807, 2.05) is 19.1 Å². The molecule has 0 saturated heterocycles. The number of nitrogens with one attached hydrogen (secondary N) is 1. The average molecular weight is 303 g/mol. The van der Waals surface area contributed by atoms with Crippen molar-refractivity contribution < 1.29 is 23.8 Å². The second-order valence-corrected chi connectivity index (χ2v) is 4.61. The summed E-state index contributed by atoms with van der Waals surface area (Å²) < 4.78 is 19.7. The second-order valence-electron chi connectivity index (χ2n) is 4.61. The first-order valence-electron chi connectivity index (χ1n) is 6.50. The van der Waals surface area contributed by atoms with Crippen LogP contribution in [0.15, 0.2) is 42.5 Å². The number of carboxylic acids is 1. The minimum absolute atomic E-state index is 0.105. The lowest BCUT2D eigenvalue weighted by Gasteiger charge is -2.10. The summed E-state index contributed by atoms with van der Waals surface area (Å²) in [5.74, 6) is -2.53. The lowest BCUT2D eigenvalue weighted by molar-refractivity contribution is -0.135. The lowest BCUT2D eigenvalue weighted by Crippen LogP contribution is -2.29. The van der Waals surface area contributed by atoms with E-state index in [1.165, 1.54) is 18.2 Å². The normalized spacial score (nSPS) is 10.1. The quantitative estimate of drug-likeness (QED) is 0.890. The first-order valence-corrected chi connectivity index (χ1v) is 6.50. The Balaban J connectivity index is 2.20. The number of carboxylic acid groups (broad SMARTS) is 1. The molecule has 0 aliphatic carbocycles. The summed E-state index contributed by atoms with van der Waals surface area (Å²) in [6, 6.07) is 11.1. The predicted molar refractivity (Wildman–Crippen MR) is 77.6 cm³/mol. The Morgan fingerprint density at radius 1 is 1.18 bits per heavy atom. The highest BCUT2D eigenvalue weighted by Gasteiger charge is 2.16. The third-order valence-electron chi connectivity index (χ3n) is 2.86. The summed E-state index contributed by atoms with van der Waals surface area (Å²) in [7, 11) is 0. The molecule has 0 aromatic heterocycles. The van der Waals surface area contributed by atoms with Gasteiger partial charge in [-0.2, -0.15) is 0 Å². The molecule has 0 spiro atoms. The molecule has 22 heavy (non-hydrogen) atoms. The van der Waals surface area contributed by atoms with Crippen molar-refractivity contribution in [2.45, 2.75) is 6.92 Å². The van der Waals surface area contributed by atoms with Crippen LogP contribution >= 0.6 is 0 Å². The highest BCUT2D eigenvalue weighted by atomic mass is 19.1. The van der Waals surface area contributed by atoms with Gasteiger partial charge in [0.1, 0.15) is 12.3 Å². The van der Waals surface area contributed by atoms with E-state index in [-0.39, 0.29) is 11.3 Å². The Hall–Kier alpha value is -2.89. The fraction of sp³-hybridized carbons (Fsp3) is 0.125. The Kier molecular flexibility index (Phi) is 4.73. The average Bonchev–Trinajstić information content (AvgIpc) is 2.49. The number of amides is 1. The summed E-state index contributed by atoms with van der Waals surface area (Å²) in [6.45, 7) is 1.33. The van der Waals surface area contributed by atoms with Gasteiger partial charge in [0.25, 0.3) is 5.91 Å². The molecular weight excluding hydrogens is 289 g/mol. The third-order valence-corrected chi connectivity index (χ3v) is 2.86. The Bertz CT molecular complexity index is 698. The number of aryl methyl sites for hydroxylation is 1. The molecule has 2 N–H and O–H groups in total. The summed E-state index contributed by atoms with van der Waals surface area (Å²) in [5.41, 5.74) is 0.764. The van der Waals surface area contributed by atoms with E-state index in [0.717, 1.165) is 5.56 Å². The van der Waals surface area contributed by atoms with Crippen molar-refractivity contribution in [1.82, 2.24) is 5.32 Å². The lowest BCUT2D eigenvalue weighted by atomic mass is 10.2. The maximum atomic E-state index is 14.3. The van der Waals surface area contributed by atoms with Crippen LogP contribution in [0.5, 0.6) is 11.5 Å². The molecule has 114 valence electrons. The maximum Gasteiger partial charge on any atom is 0.322 e. The van der Waals surface area contributed by atoms with Crippen LogP contribution in [0.1, 0.15) is 15.9 Å². The predicted octanol–water partition coefficient (Wildman–Crippen LogP) is 2.74. The van der Waals surface area contributed by atoms with Crippen molar-refractivity contribution in [1.29, 1.82) is 0 Å². The number of aliphatic carboxylic acids is 1. The van der Waals surface area contributed by atoms with Crippen LogP contribution in [-0.4, -0.2) is 23.5 Å². The standard InChI is InChI=1S/C16H14FNO4/c1-10-5-7-11(8-6-10)22-13-4-2-3-12(15(13)17)16(21)18-9-14(19)20/h2-8H,9H2,1H3,(H,18,21)(H,19,20). The third kappa shape index (κ3) is 3.82. The Morgan fingerprint density at radius 2 is 1.86 bits per heavy atom. The molecule has 0 aliphatic heterocycles. The molecule has 1 amide bonds. The number of hydrogen-bond donors (Lipinski definition) is 2. The molecule has 2 aromatic rings. The molecule has 5 nitrogen and oxygen atoms in total. The molecule has 2 aromatic carbocycles. The van der Waals surface area contributed by atoms with E-state index in [4.69, 9.17) is 9.84 Å². The number of ether oxygens (including phenoxy) is 1. The molecule has 0 heterocycles. The Labute approximate surface area is 126 Å². The van der Waals surface area contributed by atoms with E-state index in [0.29, 0.717) is 5.75 Å². The van der Waals surface area contributed by atoms with Crippen LogP contribution in [0.25, 0.3) is 0 Å². The minimum atomic E-state index is -1.21. The molecule has 2 rings (SSSR count). The molecule has 0 fully saturated rings. The zero-order valence-corrected chi connectivity index (χ0v) is 11.8. The summed E-state index contributed by atoms with van der Waals surface area (Å²) in [6.07, 6.45) is 0. The minimum Gasteiger partial charge on any atom is -0.480 e. The van der Waals surface area contributed by atoms with Crippen molar-refractivity contribution in [2.75, 3.05) is 6.54 Å². The van der Waals surface area contributed by atoms with Gasteiger partial charge in [0.15, 0.2) is 11.6 Å². The fourth-order valence-electron chi connectivity index (χ4n) is 1.75. The summed E-state index contributed by atoms with van der Waals surface area (Å²) >= 11 is 0.